The Morgan fingerprint density at radius 1 is 1.09 bits per heavy atom. The van der Waals surface area contributed by atoms with Crippen LogP contribution in [0.4, 0.5) is 5.69 Å². The molecule has 0 spiro atoms. The average Bonchev–Trinajstić information content (AvgIpc) is 3.04. The van der Waals surface area contributed by atoms with E-state index < -0.39 is 41.0 Å². The molecule has 3 heterocycles. The average molecular weight is 630 g/mol. The summed E-state index contributed by atoms with van der Waals surface area (Å²) >= 11 is 0. The molecule has 0 saturated heterocycles. The van der Waals surface area contributed by atoms with Gasteiger partial charge >= 0.3 is 0 Å². The molecule has 46 heavy (non-hydrogen) atoms. The molecule has 0 radical (unpaired) electrons. The van der Waals surface area contributed by atoms with E-state index in [-0.39, 0.29) is 36.7 Å². The molecular weight excluding hydrogens is 590 g/mol. The molecule has 4 N–H and O–H groups in total. The first-order chi connectivity index (χ1) is 22.0. The molecule has 0 aliphatic heterocycles. The zero-order chi connectivity index (χ0) is 33.2. The van der Waals surface area contributed by atoms with Crippen LogP contribution in [0.3, 0.4) is 0 Å². The summed E-state index contributed by atoms with van der Waals surface area (Å²) in [6, 6.07) is 6.55. The standard InChI is InChI=1S/C33H39N7O6/c1-4-20(2)35-28(42)19-40-17-9-13-26(33(40)46)39-31(44)25(14-15-27(41)32(45)37-23-11-6-5-7-12-23)38-30(43)24-18-22-10-8-16-34-29(22)36-21(24)3/h8-10,13,16-18,23,25H,2,4-7,11-12,14-15,19H2,1,3H3,(H,35,42)(H,37,45)(H,38,43)(H,39,44)/t25-/m0/s1. The van der Waals surface area contributed by atoms with Crippen LogP contribution in [0.15, 0.2) is 59.8 Å². The molecule has 242 valence electrons. The molecule has 0 unspecified atom stereocenters. The van der Waals surface area contributed by atoms with Gasteiger partial charge in [0.05, 0.1) is 11.3 Å². The number of rotatable bonds is 13. The normalized spacial score (nSPS) is 13.8. The van der Waals surface area contributed by atoms with Gasteiger partial charge in [-0.05, 0) is 62.9 Å². The van der Waals surface area contributed by atoms with Crippen molar-refractivity contribution in [3.63, 3.8) is 0 Å². The van der Waals surface area contributed by atoms with Crippen LogP contribution < -0.4 is 26.8 Å². The lowest BCUT2D eigenvalue weighted by Gasteiger charge is -2.22. The third-order valence-electron chi connectivity index (χ3n) is 7.84. The molecule has 4 amide bonds. The first-order valence-corrected chi connectivity index (χ1v) is 15.4. The van der Waals surface area contributed by atoms with Gasteiger partial charge in [-0.2, -0.15) is 0 Å². The van der Waals surface area contributed by atoms with E-state index in [4.69, 9.17) is 0 Å². The summed E-state index contributed by atoms with van der Waals surface area (Å²) in [4.78, 5) is 86.4. The van der Waals surface area contributed by atoms with E-state index in [1.54, 1.807) is 31.3 Å². The van der Waals surface area contributed by atoms with Gasteiger partial charge in [0.1, 0.15) is 18.3 Å². The number of anilines is 1. The van der Waals surface area contributed by atoms with Crippen LogP contribution in [0, 0.1) is 6.92 Å². The Balaban J connectivity index is 1.52. The zero-order valence-electron chi connectivity index (χ0n) is 26.1. The van der Waals surface area contributed by atoms with Crippen molar-refractivity contribution in [3.8, 4) is 0 Å². The van der Waals surface area contributed by atoms with E-state index in [9.17, 15) is 28.8 Å². The summed E-state index contributed by atoms with van der Waals surface area (Å²) in [6.07, 6.45) is 7.64. The van der Waals surface area contributed by atoms with Crippen LogP contribution in [0.2, 0.25) is 0 Å². The number of ketones is 1. The number of fused-ring (bicyclic) bond motifs is 1. The van der Waals surface area contributed by atoms with Gasteiger partial charge in [-0.25, -0.2) is 9.97 Å². The second-order valence-electron chi connectivity index (χ2n) is 11.3. The van der Waals surface area contributed by atoms with E-state index in [0.717, 1.165) is 36.7 Å². The van der Waals surface area contributed by atoms with Crippen LogP contribution in [-0.4, -0.2) is 56.0 Å². The molecule has 1 aliphatic rings. The number of allylic oxidation sites excluding steroid dienone is 1. The number of aryl methyl sites for hydroxylation is 1. The molecular formula is C33H39N7O6. The van der Waals surface area contributed by atoms with E-state index in [1.165, 1.54) is 18.3 Å². The Morgan fingerprint density at radius 2 is 1.85 bits per heavy atom. The van der Waals surface area contributed by atoms with Gasteiger partial charge in [-0.15, -0.1) is 0 Å². The van der Waals surface area contributed by atoms with Crippen LogP contribution in [0.25, 0.3) is 11.0 Å². The first-order valence-electron chi connectivity index (χ1n) is 15.4. The van der Waals surface area contributed by atoms with Gasteiger partial charge in [-0.3, -0.25) is 28.8 Å². The predicted molar refractivity (Wildman–Crippen MR) is 172 cm³/mol. The largest absolute Gasteiger partial charge is 0.347 e. The fourth-order valence-electron chi connectivity index (χ4n) is 5.19. The lowest BCUT2D eigenvalue weighted by Crippen LogP contribution is -2.46. The summed E-state index contributed by atoms with van der Waals surface area (Å²) in [7, 11) is 0. The minimum absolute atomic E-state index is 0.0655. The van der Waals surface area contributed by atoms with Crippen molar-refractivity contribution in [1.82, 2.24) is 30.5 Å². The van der Waals surface area contributed by atoms with Crippen molar-refractivity contribution in [2.75, 3.05) is 5.32 Å². The van der Waals surface area contributed by atoms with Crippen LogP contribution in [-0.2, 0) is 25.7 Å². The highest BCUT2D eigenvalue weighted by atomic mass is 16.2. The lowest BCUT2D eigenvalue weighted by molar-refractivity contribution is -0.138. The fraction of sp³-hybridized carbons (Fsp3) is 0.394. The summed E-state index contributed by atoms with van der Waals surface area (Å²) in [5.74, 6) is -3.31. The van der Waals surface area contributed by atoms with Crippen LogP contribution in [0.5, 0.6) is 0 Å². The molecule has 1 aliphatic carbocycles. The Bertz CT molecular complexity index is 1710. The summed E-state index contributed by atoms with van der Waals surface area (Å²) in [6.45, 7) is 6.87. The highest BCUT2D eigenvalue weighted by Gasteiger charge is 2.27. The summed E-state index contributed by atoms with van der Waals surface area (Å²) in [5.41, 5.74) is 0.736. The number of nitrogens with zero attached hydrogens (tertiary/aromatic N) is 3. The van der Waals surface area contributed by atoms with Gasteiger partial charge in [0.15, 0.2) is 5.65 Å². The highest BCUT2D eigenvalue weighted by molar-refractivity contribution is 6.36. The predicted octanol–water partition coefficient (Wildman–Crippen LogP) is 2.68. The Morgan fingerprint density at radius 3 is 2.59 bits per heavy atom. The summed E-state index contributed by atoms with van der Waals surface area (Å²) < 4.78 is 1.12. The van der Waals surface area contributed by atoms with Gasteiger partial charge in [0.25, 0.3) is 17.4 Å². The van der Waals surface area contributed by atoms with Crippen molar-refractivity contribution in [1.29, 1.82) is 0 Å². The third kappa shape index (κ3) is 8.93. The number of hydrogen-bond acceptors (Lipinski definition) is 8. The summed E-state index contributed by atoms with van der Waals surface area (Å²) in [5, 5.41) is 11.2. The fourth-order valence-corrected chi connectivity index (χ4v) is 5.19. The molecule has 3 aromatic heterocycles. The third-order valence-corrected chi connectivity index (χ3v) is 7.84. The van der Waals surface area contributed by atoms with E-state index >= 15 is 0 Å². The number of hydrogen-bond donors (Lipinski definition) is 4. The van der Waals surface area contributed by atoms with Crippen LogP contribution in [0.1, 0.15) is 74.3 Å². The minimum atomic E-state index is -1.30. The number of pyridine rings is 3. The highest BCUT2D eigenvalue weighted by Crippen LogP contribution is 2.18. The van der Waals surface area contributed by atoms with Crippen LogP contribution >= 0.6 is 0 Å². The van der Waals surface area contributed by atoms with Gasteiger partial charge in [0, 0.05) is 35.9 Å². The molecule has 1 saturated carbocycles. The first kappa shape index (κ1) is 33.7. The molecule has 0 bridgehead atoms. The van der Waals surface area contributed by atoms with Gasteiger partial charge < -0.3 is 25.8 Å². The van der Waals surface area contributed by atoms with E-state index in [0.29, 0.717) is 28.8 Å². The smallest absolute Gasteiger partial charge is 0.287 e. The monoisotopic (exact) mass is 629 g/mol. The number of aromatic nitrogens is 3. The lowest BCUT2D eigenvalue weighted by atomic mass is 9.95. The maximum Gasteiger partial charge on any atom is 0.287 e. The molecule has 3 aromatic rings. The zero-order valence-corrected chi connectivity index (χ0v) is 26.1. The topological polar surface area (TPSA) is 181 Å². The molecule has 1 atom stereocenters. The van der Waals surface area contributed by atoms with E-state index in [2.05, 4.69) is 37.8 Å². The van der Waals surface area contributed by atoms with Gasteiger partial charge in [0.2, 0.25) is 17.6 Å². The maximum atomic E-state index is 13.5. The number of carbonyl (C=O) groups is 5. The minimum Gasteiger partial charge on any atom is -0.347 e. The van der Waals surface area contributed by atoms with Crippen molar-refractivity contribution < 1.29 is 24.0 Å². The molecule has 1 fully saturated rings. The van der Waals surface area contributed by atoms with Crippen molar-refractivity contribution in [3.05, 3.63) is 76.6 Å². The number of carbonyl (C=O) groups excluding carboxylic acids is 5. The van der Waals surface area contributed by atoms with Crippen molar-refractivity contribution in [2.45, 2.75) is 83.8 Å². The second kappa shape index (κ2) is 15.7. The van der Waals surface area contributed by atoms with Crippen molar-refractivity contribution in [2.24, 2.45) is 0 Å². The molecule has 0 aromatic carbocycles. The van der Waals surface area contributed by atoms with E-state index in [1.807, 2.05) is 6.92 Å². The Labute approximate surface area is 266 Å². The Hall–Kier alpha value is -5.20. The molecule has 4 rings (SSSR count). The molecule has 13 nitrogen and oxygen atoms in total. The SMILES string of the molecule is C=C(CC)NC(=O)Cn1cccc(NC(=O)[C@H](CCC(=O)C(=O)NC2CCCCC2)NC(=O)c2cc3cccnc3nc2C)c1=O. The number of amides is 4. The number of Topliss-reactive ketones (excluding diaryl/α,β-unsaturated/α-hetero) is 1. The Kier molecular flexibility index (Phi) is 11.5. The van der Waals surface area contributed by atoms with Crippen molar-refractivity contribution >= 4 is 46.1 Å². The second-order valence-corrected chi connectivity index (χ2v) is 11.3. The maximum absolute atomic E-state index is 13.5. The molecule has 13 heteroatoms. The quantitative estimate of drug-likeness (QED) is 0.208. The number of nitrogens with one attached hydrogen (secondary N) is 4. The van der Waals surface area contributed by atoms with Gasteiger partial charge in [-0.1, -0.05) is 32.8 Å².